The predicted octanol–water partition coefficient (Wildman–Crippen LogP) is -18.7. The van der Waals surface area contributed by atoms with Gasteiger partial charge in [-0.3, -0.25) is 0 Å². The van der Waals surface area contributed by atoms with Gasteiger partial charge in [-0.05, 0) is 0 Å². The van der Waals surface area contributed by atoms with Crippen LogP contribution < -0.4 is 102 Å². The van der Waals surface area contributed by atoms with E-state index in [2.05, 4.69) is 0 Å². The zero-order valence-electron chi connectivity index (χ0n) is 3.16. The third-order valence-corrected chi connectivity index (χ3v) is 0. The van der Waals surface area contributed by atoms with Crippen LogP contribution >= 0.6 is 0 Å². The Kier molecular flexibility index (Phi) is 607. The molecular weight excluding hydrogens is 897 g/mol. The van der Waals surface area contributed by atoms with Crippen molar-refractivity contribution < 1.29 is 102 Å². The van der Waals surface area contributed by atoms with Crippen LogP contribution in [0, 0.1) is 0 Å². The molecule has 0 rings (SSSR count). The zero-order chi connectivity index (χ0) is 0. The van der Waals surface area contributed by atoms with Gasteiger partial charge in [0.2, 0.25) is 0 Å². The van der Waals surface area contributed by atoms with Crippen molar-refractivity contribution in [1.82, 2.24) is 0 Å². The van der Waals surface area contributed by atoms with Crippen LogP contribution in [-0.4, -0.2) is 52.4 Å². The molecule has 0 nitrogen and oxygen atoms in total. The molecule has 8 heteroatoms. The fourth-order valence-electron chi connectivity index (χ4n) is 0. The van der Waals surface area contributed by atoms with Crippen LogP contribution in [-0.2, 0) is 0 Å². The van der Waals surface area contributed by atoms with Gasteiger partial charge in [0, 0.05) is 0 Å². The Hall–Kier alpha value is 4.65. The van der Waals surface area contributed by atoms with Gasteiger partial charge in [-0.2, -0.15) is 0 Å². The predicted molar refractivity (Wildman–Crippen MR) is 11.5 cm³/mol. The summed E-state index contributed by atoms with van der Waals surface area (Å²) in [5.41, 5.74) is 0. The van der Waals surface area contributed by atoms with Crippen molar-refractivity contribution in [2.75, 3.05) is 0 Å². The average molecular weight is 897 g/mol. The van der Waals surface area contributed by atoms with E-state index in [0.717, 1.165) is 0 Å². The maximum atomic E-state index is 0. The van der Waals surface area contributed by atoms with E-state index < -0.39 is 0 Å². The molecule has 0 aromatic heterocycles. The molecule has 0 aliphatic heterocycles. The van der Waals surface area contributed by atoms with Crippen LogP contribution in [0.25, 0.3) is 0 Å². The van der Waals surface area contributed by atoms with Crippen molar-refractivity contribution in [2.24, 2.45) is 0 Å². The van der Waals surface area contributed by atoms with Crippen molar-refractivity contribution in [2.45, 2.75) is 0 Å². The quantitative estimate of drug-likeness (QED) is 0.213. The molecule has 0 atom stereocenters. The molecular formula is Bi2Br6. The van der Waals surface area contributed by atoms with E-state index in [1.165, 1.54) is 0 Å². The Morgan fingerprint density at radius 1 is 0.250 bits per heavy atom. The molecule has 0 aromatic rings. The molecule has 0 aliphatic carbocycles. The van der Waals surface area contributed by atoms with Crippen LogP contribution in [0.1, 0.15) is 0 Å². The summed E-state index contributed by atoms with van der Waals surface area (Å²) in [7, 11) is 0. The SMILES string of the molecule is [Bi+3].[Bi+3].[Br-].[Br-].[Br-].[Br-].[Br-].[Br-]. The minimum Gasteiger partial charge on any atom is -1.00 e. The van der Waals surface area contributed by atoms with Crippen LogP contribution in [0.3, 0.4) is 0 Å². The average Bonchev–Trinajstić information content (AvgIpc) is 0. The molecule has 0 unspecified atom stereocenters. The van der Waals surface area contributed by atoms with Crippen molar-refractivity contribution in [1.29, 1.82) is 0 Å². The van der Waals surface area contributed by atoms with Gasteiger partial charge in [-0.15, -0.1) is 0 Å². The van der Waals surface area contributed by atoms with Gasteiger partial charge in [0.05, 0.1) is 0 Å². The molecule has 0 N–H and O–H groups in total. The molecule has 0 fully saturated rings. The molecule has 0 saturated carbocycles. The first kappa shape index (κ1) is 79.5. The Morgan fingerprint density at radius 3 is 0.250 bits per heavy atom. The van der Waals surface area contributed by atoms with Gasteiger partial charge in [0.25, 0.3) is 0 Å². The van der Waals surface area contributed by atoms with Crippen LogP contribution in [0.5, 0.6) is 0 Å². The Labute approximate surface area is 151 Å². The molecule has 52 valence electrons. The first-order valence-electron chi connectivity index (χ1n) is 0. The summed E-state index contributed by atoms with van der Waals surface area (Å²) in [6, 6.07) is 0. The summed E-state index contributed by atoms with van der Waals surface area (Å²) in [6.07, 6.45) is 0. The van der Waals surface area contributed by atoms with E-state index in [0.29, 0.717) is 0 Å². The Morgan fingerprint density at radius 2 is 0.250 bits per heavy atom. The van der Waals surface area contributed by atoms with Crippen LogP contribution in [0.4, 0.5) is 0 Å². The summed E-state index contributed by atoms with van der Waals surface area (Å²) in [5.74, 6) is 0. The van der Waals surface area contributed by atoms with E-state index in [1.807, 2.05) is 0 Å². The normalized spacial score (nSPS) is 0. The molecule has 0 bridgehead atoms. The largest absolute Gasteiger partial charge is 3.00 e. The van der Waals surface area contributed by atoms with E-state index >= 15 is 0 Å². The second-order valence-corrected chi connectivity index (χ2v) is 0. The molecule has 4 radical (unpaired) electrons. The van der Waals surface area contributed by atoms with Crippen molar-refractivity contribution in [3.8, 4) is 0 Å². The fraction of sp³-hybridized carbons (Fsp3) is 0. The van der Waals surface area contributed by atoms with Crippen molar-refractivity contribution >= 4 is 52.4 Å². The van der Waals surface area contributed by atoms with Gasteiger partial charge in [0.15, 0.2) is 0 Å². The van der Waals surface area contributed by atoms with E-state index in [1.54, 1.807) is 0 Å². The monoisotopic (exact) mass is 891 g/mol. The van der Waals surface area contributed by atoms with Gasteiger partial charge in [-0.1, -0.05) is 0 Å². The van der Waals surface area contributed by atoms with Crippen molar-refractivity contribution in [3.05, 3.63) is 0 Å². The van der Waals surface area contributed by atoms with E-state index in [-0.39, 0.29) is 154 Å². The second-order valence-electron chi connectivity index (χ2n) is 0. The summed E-state index contributed by atoms with van der Waals surface area (Å²) in [4.78, 5) is 0. The topological polar surface area (TPSA) is 0 Å². The molecule has 0 amide bonds. The first-order valence-corrected chi connectivity index (χ1v) is 0. The molecule has 0 spiro atoms. The second kappa shape index (κ2) is 61.1. The maximum Gasteiger partial charge on any atom is 3.00 e. The van der Waals surface area contributed by atoms with Gasteiger partial charge in [0.1, 0.15) is 0 Å². The summed E-state index contributed by atoms with van der Waals surface area (Å²) >= 11 is 0. The number of halogens is 6. The van der Waals surface area contributed by atoms with Crippen LogP contribution in [0.15, 0.2) is 0 Å². The Bertz CT molecular complexity index is 6.49. The smallest absolute Gasteiger partial charge is 1.00 e. The van der Waals surface area contributed by atoms with E-state index in [4.69, 9.17) is 0 Å². The summed E-state index contributed by atoms with van der Waals surface area (Å²) in [5, 5.41) is 0. The van der Waals surface area contributed by atoms with E-state index in [9.17, 15) is 0 Å². The van der Waals surface area contributed by atoms with Gasteiger partial charge < -0.3 is 102 Å². The third kappa shape index (κ3) is 45.9. The maximum absolute atomic E-state index is 0. The fourth-order valence-corrected chi connectivity index (χ4v) is 0. The summed E-state index contributed by atoms with van der Waals surface area (Å²) < 4.78 is 0. The minimum absolute atomic E-state index is 0. The van der Waals surface area contributed by atoms with Gasteiger partial charge in [-0.25, -0.2) is 0 Å². The number of rotatable bonds is 0. The molecule has 0 aromatic carbocycles. The minimum atomic E-state index is 0. The third-order valence-electron chi connectivity index (χ3n) is 0. The van der Waals surface area contributed by atoms with Crippen molar-refractivity contribution in [3.63, 3.8) is 0 Å². The molecule has 0 heterocycles. The first-order chi connectivity index (χ1) is 0. The van der Waals surface area contributed by atoms with Gasteiger partial charge >= 0.3 is 52.4 Å². The molecule has 8 heavy (non-hydrogen) atoms. The number of hydrogen-bond donors (Lipinski definition) is 0. The summed E-state index contributed by atoms with van der Waals surface area (Å²) in [6.45, 7) is 0. The van der Waals surface area contributed by atoms with Crippen LogP contribution in [0.2, 0.25) is 0 Å². The molecule has 0 aliphatic rings. The standard InChI is InChI=1S/2Bi.6BrH/h;;6*1H/q2*+3;;;;;;/p-6. The zero-order valence-corrected chi connectivity index (χ0v) is 19.6. The molecule has 0 saturated heterocycles. The number of hydrogen-bond acceptors (Lipinski definition) is 0. The Balaban J connectivity index is 0.